The van der Waals surface area contributed by atoms with E-state index in [0.717, 1.165) is 11.3 Å². The molecule has 0 aliphatic carbocycles. The van der Waals surface area contributed by atoms with Crippen LogP contribution in [0.1, 0.15) is 22.8 Å². The summed E-state index contributed by atoms with van der Waals surface area (Å²) >= 11 is 1.31. The first-order chi connectivity index (χ1) is 12.9. The third-order valence-corrected chi connectivity index (χ3v) is 4.64. The van der Waals surface area contributed by atoms with Crippen molar-refractivity contribution in [2.24, 2.45) is 0 Å². The fourth-order valence-electron chi connectivity index (χ4n) is 2.30. The van der Waals surface area contributed by atoms with Gasteiger partial charge in [0, 0.05) is 16.6 Å². The lowest BCUT2D eigenvalue weighted by atomic mass is 10.1. The highest BCUT2D eigenvalue weighted by Crippen LogP contribution is 2.25. The SMILES string of the molecule is Cc1ccc(-c2csc(NC(=O)C(C)OC(=O)c3ccc(N)cc3)n2)cc1. The lowest BCUT2D eigenvalue weighted by Gasteiger charge is -2.12. The second-order valence-corrected chi connectivity index (χ2v) is 6.92. The van der Waals surface area contributed by atoms with E-state index < -0.39 is 18.0 Å². The van der Waals surface area contributed by atoms with Crippen molar-refractivity contribution < 1.29 is 14.3 Å². The van der Waals surface area contributed by atoms with Gasteiger partial charge in [-0.1, -0.05) is 29.8 Å². The van der Waals surface area contributed by atoms with Crippen molar-refractivity contribution in [2.45, 2.75) is 20.0 Å². The van der Waals surface area contributed by atoms with Crippen LogP contribution in [0, 0.1) is 6.92 Å². The van der Waals surface area contributed by atoms with Crippen LogP contribution in [0.3, 0.4) is 0 Å². The number of aromatic nitrogens is 1. The average Bonchev–Trinajstić information content (AvgIpc) is 3.11. The molecule has 0 saturated heterocycles. The Bertz CT molecular complexity index is 949. The summed E-state index contributed by atoms with van der Waals surface area (Å²) in [5.74, 6) is -1.03. The molecule has 0 saturated carbocycles. The number of nitrogens with one attached hydrogen (secondary N) is 1. The monoisotopic (exact) mass is 381 g/mol. The third kappa shape index (κ3) is 4.71. The number of ether oxygens (including phenoxy) is 1. The van der Waals surface area contributed by atoms with Gasteiger partial charge in [0.25, 0.3) is 5.91 Å². The minimum atomic E-state index is -0.957. The van der Waals surface area contributed by atoms with E-state index in [2.05, 4.69) is 10.3 Å². The number of thiazole rings is 1. The fraction of sp³-hybridized carbons (Fsp3) is 0.150. The van der Waals surface area contributed by atoms with E-state index in [1.54, 1.807) is 24.3 Å². The number of amides is 1. The van der Waals surface area contributed by atoms with Crippen molar-refractivity contribution in [1.82, 2.24) is 4.98 Å². The summed E-state index contributed by atoms with van der Waals surface area (Å²) in [6.45, 7) is 3.53. The van der Waals surface area contributed by atoms with Gasteiger partial charge in [-0.3, -0.25) is 10.1 Å². The van der Waals surface area contributed by atoms with E-state index in [4.69, 9.17) is 10.5 Å². The van der Waals surface area contributed by atoms with Crippen LogP contribution in [0.2, 0.25) is 0 Å². The molecule has 3 rings (SSSR count). The molecule has 27 heavy (non-hydrogen) atoms. The first kappa shape index (κ1) is 18.6. The predicted octanol–water partition coefficient (Wildman–Crippen LogP) is 3.88. The number of carbonyl (C=O) groups is 2. The molecule has 0 aliphatic rings. The first-order valence-electron chi connectivity index (χ1n) is 8.32. The van der Waals surface area contributed by atoms with Crippen molar-refractivity contribution in [1.29, 1.82) is 0 Å². The second kappa shape index (κ2) is 8.01. The second-order valence-electron chi connectivity index (χ2n) is 6.06. The average molecular weight is 381 g/mol. The van der Waals surface area contributed by atoms with E-state index in [9.17, 15) is 9.59 Å². The van der Waals surface area contributed by atoms with Gasteiger partial charge in [-0.05, 0) is 38.1 Å². The van der Waals surface area contributed by atoms with Gasteiger partial charge in [0.05, 0.1) is 11.3 Å². The third-order valence-electron chi connectivity index (χ3n) is 3.88. The Labute approximate surface area is 161 Å². The largest absolute Gasteiger partial charge is 0.449 e. The Morgan fingerprint density at radius 2 is 1.78 bits per heavy atom. The lowest BCUT2D eigenvalue weighted by Crippen LogP contribution is -2.29. The molecule has 1 heterocycles. The first-order valence-corrected chi connectivity index (χ1v) is 9.20. The summed E-state index contributed by atoms with van der Waals surface area (Å²) in [7, 11) is 0. The smallest absolute Gasteiger partial charge is 0.338 e. The molecule has 1 atom stereocenters. The molecular formula is C20H19N3O3S. The number of anilines is 2. The highest BCUT2D eigenvalue weighted by Gasteiger charge is 2.20. The van der Waals surface area contributed by atoms with E-state index in [0.29, 0.717) is 16.4 Å². The van der Waals surface area contributed by atoms with Crippen LogP contribution < -0.4 is 11.1 Å². The molecule has 0 spiro atoms. The molecule has 0 fully saturated rings. The molecule has 0 bridgehead atoms. The zero-order valence-corrected chi connectivity index (χ0v) is 15.7. The molecule has 7 heteroatoms. The van der Waals surface area contributed by atoms with Crippen LogP contribution in [-0.2, 0) is 9.53 Å². The number of carbonyl (C=O) groups excluding carboxylic acids is 2. The molecule has 1 unspecified atom stereocenters. The summed E-state index contributed by atoms with van der Waals surface area (Å²) in [4.78, 5) is 28.8. The van der Waals surface area contributed by atoms with Crippen molar-refractivity contribution in [3.8, 4) is 11.3 Å². The summed E-state index contributed by atoms with van der Waals surface area (Å²) < 4.78 is 5.20. The molecule has 1 amide bonds. The van der Waals surface area contributed by atoms with Gasteiger partial charge in [-0.15, -0.1) is 11.3 Å². The Morgan fingerprint density at radius 3 is 2.44 bits per heavy atom. The van der Waals surface area contributed by atoms with Crippen molar-refractivity contribution in [3.63, 3.8) is 0 Å². The molecule has 1 aromatic heterocycles. The molecule has 0 radical (unpaired) electrons. The van der Waals surface area contributed by atoms with Crippen molar-refractivity contribution in [2.75, 3.05) is 11.1 Å². The number of rotatable bonds is 5. The minimum absolute atomic E-state index is 0.333. The topological polar surface area (TPSA) is 94.3 Å². The van der Waals surface area contributed by atoms with Gasteiger partial charge < -0.3 is 10.5 Å². The summed E-state index contributed by atoms with van der Waals surface area (Å²) in [6.07, 6.45) is -0.957. The van der Waals surface area contributed by atoms with E-state index >= 15 is 0 Å². The van der Waals surface area contributed by atoms with E-state index in [1.165, 1.54) is 23.8 Å². The highest BCUT2D eigenvalue weighted by atomic mass is 32.1. The minimum Gasteiger partial charge on any atom is -0.449 e. The van der Waals surface area contributed by atoms with Gasteiger partial charge in [-0.25, -0.2) is 9.78 Å². The normalized spacial score (nSPS) is 11.6. The van der Waals surface area contributed by atoms with Gasteiger partial charge >= 0.3 is 5.97 Å². The maximum Gasteiger partial charge on any atom is 0.338 e. The van der Waals surface area contributed by atoms with Crippen LogP contribution in [0.4, 0.5) is 10.8 Å². The summed E-state index contributed by atoms with van der Waals surface area (Å²) in [5.41, 5.74) is 9.39. The van der Waals surface area contributed by atoms with E-state index in [1.807, 2.05) is 36.6 Å². The molecule has 3 N–H and O–H groups in total. The zero-order chi connectivity index (χ0) is 19.4. The van der Waals surface area contributed by atoms with Gasteiger partial charge in [0.2, 0.25) is 0 Å². The van der Waals surface area contributed by atoms with Crippen molar-refractivity contribution in [3.05, 3.63) is 65.0 Å². The molecule has 2 aromatic carbocycles. The van der Waals surface area contributed by atoms with Crippen molar-refractivity contribution >= 4 is 34.0 Å². The standard InChI is InChI=1S/C20H19N3O3S/c1-12-3-5-14(6-4-12)17-11-27-20(22-17)23-18(24)13(2)26-19(25)15-7-9-16(21)10-8-15/h3-11,13H,21H2,1-2H3,(H,22,23,24). The van der Waals surface area contributed by atoms with E-state index in [-0.39, 0.29) is 0 Å². The van der Waals surface area contributed by atoms with Crippen LogP contribution in [0.25, 0.3) is 11.3 Å². The number of nitrogens with zero attached hydrogens (tertiary/aromatic N) is 1. The molecule has 138 valence electrons. The van der Waals surface area contributed by atoms with Gasteiger partial charge in [0.1, 0.15) is 0 Å². The maximum absolute atomic E-state index is 12.3. The molecule has 6 nitrogen and oxygen atoms in total. The summed E-state index contributed by atoms with van der Waals surface area (Å²) in [5, 5.41) is 5.00. The number of nitrogen functional groups attached to an aromatic ring is 1. The Hall–Kier alpha value is -3.19. The van der Waals surface area contributed by atoms with Crippen LogP contribution in [0.5, 0.6) is 0 Å². The van der Waals surface area contributed by atoms with Crippen LogP contribution in [0.15, 0.2) is 53.9 Å². The lowest BCUT2D eigenvalue weighted by molar-refractivity contribution is -0.123. The Kier molecular flexibility index (Phi) is 5.52. The molecule has 0 aliphatic heterocycles. The van der Waals surface area contributed by atoms with Gasteiger partial charge in [0.15, 0.2) is 11.2 Å². The number of aryl methyl sites for hydroxylation is 1. The number of hydrogen-bond acceptors (Lipinski definition) is 6. The van der Waals surface area contributed by atoms with Crippen LogP contribution >= 0.6 is 11.3 Å². The predicted molar refractivity (Wildman–Crippen MR) is 107 cm³/mol. The molecular weight excluding hydrogens is 362 g/mol. The number of benzene rings is 2. The maximum atomic E-state index is 12.3. The number of esters is 1. The number of nitrogens with two attached hydrogens (primary N) is 1. The fourth-order valence-corrected chi connectivity index (χ4v) is 3.02. The molecule has 3 aromatic rings. The zero-order valence-electron chi connectivity index (χ0n) is 14.9. The quantitative estimate of drug-likeness (QED) is 0.517. The Balaban J connectivity index is 1.60. The van der Waals surface area contributed by atoms with Gasteiger partial charge in [-0.2, -0.15) is 0 Å². The van der Waals surface area contributed by atoms with Crippen LogP contribution in [-0.4, -0.2) is 23.0 Å². The Morgan fingerprint density at radius 1 is 1.11 bits per heavy atom. The summed E-state index contributed by atoms with van der Waals surface area (Å²) in [6, 6.07) is 14.3. The number of hydrogen-bond donors (Lipinski definition) is 2. The highest BCUT2D eigenvalue weighted by molar-refractivity contribution is 7.14.